The summed E-state index contributed by atoms with van der Waals surface area (Å²) in [4.78, 5) is 0. The molecule has 1 aromatic heterocycles. The van der Waals surface area contributed by atoms with E-state index in [4.69, 9.17) is 5.73 Å². The maximum Gasteiger partial charge on any atom is 0.0331 e. The third-order valence-electron chi connectivity index (χ3n) is 2.79. The van der Waals surface area contributed by atoms with E-state index in [-0.39, 0.29) is 0 Å². The molecule has 2 nitrogen and oxygen atoms in total. The van der Waals surface area contributed by atoms with E-state index >= 15 is 0 Å². The van der Waals surface area contributed by atoms with Gasteiger partial charge >= 0.3 is 0 Å². The largest absolute Gasteiger partial charge is 0.330 e. The molecule has 13 heavy (non-hydrogen) atoms. The van der Waals surface area contributed by atoms with Crippen molar-refractivity contribution in [2.75, 3.05) is 13.1 Å². The first-order chi connectivity index (χ1) is 6.40. The highest BCUT2D eigenvalue weighted by Crippen LogP contribution is 2.27. The average Bonchev–Trinajstić information content (AvgIpc) is 2.71. The van der Waals surface area contributed by atoms with E-state index in [9.17, 15) is 0 Å². The zero-order valence-corrected chi connectivity index (χ0v) is 8.52. The van der Waals surface area contributed by atoms with Crippen LogP contribution in [0.3, 0.4) is 0 Å². The Kier molecular flexibility index (Phi) is 2.98. The monoisotopic (exact) mass is 196 g/mol. The fourth-order valence-electron chi connectivity index (χ4n) is 1.94. The molecule has 72 valence electrons. The Hall–Kier alpha value is -0.380. The van der Waals surface area contributed by atoms with Gasteiger partial charge in [0, 0.05) is 6.04 Å². The number of nitrogens with one attached hydrogen (secondary N) is 1. The molecule has 1 aliphatic heterocycles. The van der Waals surface area contributed by atoms with Gasteiger partial charge in [-0.15, -0.1) is 0 Å². The van der Waals surface area contributed by atoms with Crippen LogP contribution in [0.1, 0.15) is 24.4 Å². The lowest BCUT2D eigenvalue weighted by atomic mass is 9.90. The Bertz CT molecular complexity index is 245. The van der Waals surface area contributed by atoms with Crippen molar-refractivity contribution in [3.8, 4) is 0 Å². The first-order valence-corrected chi connectivity index (χ1v) is 5.80. The molecule has 1 aromatic rings. The van der Waals surface area contributed by atoms with Gasteiger partial charge in [-0.05, 0) is 54.2 Å². The van der Waals surface area contributed by atoms with Crippen LogP contribution < -0.4 is 11.1 Å². The Morgan fingerprint density at radius 3 is 3.23 bits per heavy atom. The molecule has 0 amide bonds. The second-order valence-corrected chi connectivity index (χ2v) is 4.47. The van der Waals surface area contributed by atoms with Gasteiger partial charge in [0.25, 0.3) is 0 Å². The first kappa shape index (κ1) is 9.19. The molecule has 1 fully saturated rings. The van der Waals surface area contributed by atoms with E-state index in [1.807, 2.05) is 0 Å². The molecule has 0 bridgehead atoms. The minimum absolute atomic E-state index is 0.550. The van der Waals surface area contributed by atoms with E-state index in [2.05, 4.69) is 22.1 Å². The van der Waals surface area contributed by atoms with Crippen LogP contribution in [0.15, 0.2) is 16.8 Å². The summed E-state index contributed by atoms with van der Waals surface area (Å²) in [5, 5.41) is 7.91. The van der Waals surface area contributed by atoms with Gasteiger partial charge in [-0.25, -0.2) is 0 Å². The predicted molar refractivity (Wildman–Crippen MR) is 56.8 cm³/mol. The molecular weight excluding hydrogens is 180 g/mol. The van der Waals surface area contributed by atoms with Gasteiger partial charge in [0.2, 0.25) is 0 Å². The number of rotatable bonds is 2. The van der Waals surface area contributed by atoms with Gasteiger partial charge in [0.1, 0.15) is 0 Å². The van der Waals surface area contributed by atoms with E-state index in [0.717, 1.165) is 13.1 Å². The van der Waals surface area contributed by atoms with Gasteiger partial charge in [-0.2, -0.15) is 11.3 Å². The van der Waals surface area contributed by atoms with Crippen LogP contribution in [-0.2, 0) is 0 Å². The number of hydrogen-bond donors (Lipinski definition) is 2. The molecule has 2 heterocycles. The van der Waals surface area contributed by atoms with Crippen molar-refractivity contribution < 1.29 is 0 Å². The second kappa shape index (κ2) is 4.22. The summed E-state index contributed by atoms with van der Waals surface area (Å²) >= 11 is 1.77. The lowest BCUT2D eigenvalue weighted by Crippen LogP contribution is -2.34. The summed E-state index contributed by atoms with van der Waals surface area (Å²) in [6.45, 7) is 1.95. The molecule has 0 aliphatic carbocycles. The van der Waals surface area contributed by atoms with E-state index in [1.54, 1.807) is 11.3 Å². The summed E-state index contributed by atoms with van der Waals surface area (Å²) in [7, 11) is 0. The highest BCUT2D eigenvalue weighted by atomic mass is 32.1. The van der Waals surface area contributed by atoms with Crippen LogP contribution in [0, 0.1) is 5.92 Å². The summed E-state index contributed by atoms with van der Waals surface area (Å²) in [6.07, 6.45) is 2.43. The van der Waals surface area contributed by atoms with Crippen molar-refractivity contribution in [3.05, 3.63) is 22.4 Å². The number of nitrogens with two attached hydrogens (primary N) is 1. The molecular formula is C10H16N2S. The van der Waals surface area contributed by atoms with Gasteiger partial charge in [-0.1, -0.05) is 0 Å². The van der Waals surface area contributed by atoms with Gasteiger partial charge in [0.15, 0.2) is 0 Å². The summed E-state index contributed by atoms with van der Waals surface area (Å²) in [5.41, 5.74) is 7.13. The van der Waals surface area contributed by atoms with Crippen LogP contribution in [0.25, 0.3) is 0 Å². The van der Waals surface area contributed by atoms with E-state index in [0.29, 0.717) is 12.0 Å². The van der Waals surface area contributed by atoms with Gasteiger partial charge in [-0.3, -0.25) is 0 Å². The van der Waals surface area contributed by atoms with Crippen LogP contribution in [-0.4, -0.2) is 13.1 Å². The average molecular weight is 196 g/mol. The first-order valence-electron chi connectivity index (χ1n) is 4.85. The fourth-order valence-corrected chi connectivity index (χ4v) is 2.65. The highest BCUT2D eigenvalue weighted by Gasteiger charge is 2.21. The topological polar surface area (TPSA) is 38.0 Å². The Balaban J connectivity index is 2.00. The SMILES string of the molecule is NCC1CCNC(c2ccsc2)C1. The van der Waals surface area contributed by atoms with Crippen molar-refractivity contribution in [1.82, 2.24) is 5.32 Å². The van der Waals surface area contributed by atoms with Crippen molar-refractivity contribution in [2.24, 2.45) is 11.7 Å². The third kappa shape index (κ3) is 2.10. The zero-order valence-electron chi connectivity index (χ0n) is 7.70. The normalized spacial score (nSPS) is 29.0. The van der Waals surface area contributed by atoms with E-state index < -0.39 is 0 Å². The number of piperidine rings is 1. The molecule has 0 saturated carbocycles. The second-order valence-electron chi connectivity index (χ2n) is 3.69. The van der Waals surface area contributed by atoms with Crippen LogP contribution >= 0.6 is 11.3 Å². The Labute approximate surface area is 83.1 Å². The predicted octanol–water partition coefficient (Wildman–Crippen LogP) is 1.75. The van der Waals surface area contributed by atoms with Crippen molar-refractivity contribution in [1.29, 1.82) is 0 Å². The van der Waals surface area contributed by atoms with E-state index in [1.165, 1.54) is 18.4 Å². The molecule has 1 saturated heterocycles. The zero-order chi connectivity index (χ0) is 9.10. The molecule has 0 radical (unpaired) electrons. The van der Waals surface area contributed by atoms with Crippen molar-refractivity contribution >= 4 is 11.3 Å². The molecule has 3 heteroatoms. The van der Waals surface area contributed by atoms with Crippen molar-refractivity contribution in [3.63, 3.8) is 0 Å². The third-order valence-corrected chi connectivity index (χ3v) is 3.49. The number of hydrogen-bond acceptors (Lipinski definition) is 3. The molecule has 1 aliphatic rings. The summed E-state index contributed by atoms with van der Waals surface area (Å²) in [5.74, 6) is 0.714. The molecule has 0 spiro atoms. The lowest BCUT2D eigenvalue weighted by Gasteiger charge is -2.29. The Morgan fingerprint density at radius 2 is 2.54 bits per heavy atom. The standard InChI is InChI=1S/C10H16N2S/c11-6-8-1-3-12-10(5-8)9-2-4-13-7-9/h2,4,7-8,10,12H,1,3,5-6,11H2. The highest BCUT2D eigenvalue weighted by molar-refractivity contribution is 7.07. The van der Waals surface area contributed by atoms with Crippen LogP contribution in [0.2, 0.25) is 0 Å². The lowest BCUT2D eigenvalue weighted by molar-refractivity contribution is 0.312. The molecule has 0 aromatic carbocycles. The van der Waals surface area contributed by atoms with Crippen LogP contribution in [0.4, 0.5) is 0 Å². The smallest absolute Gasteiger partial charge is 0.0331 e. The van der Waals surface area contributed by atoms with Crippen molar-refractivity contribution in [2.45, 2.75) is 18.9 Å². The number of thiophene rings is 1. The molecule has 2 atom stereocenters. The molecule has 2 rings (SSSR count). The quantitative estimate of drug-likeness (QED) is 0.756. The van der Waals surface area contributed by atoms with Crippen LogP contribution in [0.5, 0.6) is 0 Å². The molecule has 3 N–H and O–H groups in total. The molecule has 2 unspecified atom stereocenters. The Morgan fingerprint density at radius 1 is 1.62 bits per heavy atom. The minimum Gasteiger partial charge on any atom is -0.330 e. The van der Waals surface area contributed by atoms with Gasteiger partial charge < -0.3 is 11.1 Å². The maximum atomic E-state index is 5.69. The fraction of sp³-hybridized carbons (Fsp3) is 0.600. The van der Waals surface area contributed by atoms with Gasteiger partial charge in [0.05, 0.1) is 0 Å². The summed E-state index contributed by atoms with van der Waals surface area (Å²) < 4.78 is 0. The minimum atomic E-state index is 0.550. The maximum absolute atomic E-state index is 5.69. The summed E-state index contributed by atoms with van der Waals surface area (Å²) in [6, 6.07) is 2.76.